The standard InChI is InChI=1S/C15H16FN3/c1-10-6-14(12(8-17)9-18-10)19-5-4-11-2-3-13(16)7-15(11)19/h2-3,6-7,9H,4-5,8,17H2,1H3. The van der Waals surface area contributed by atoms with Crippen LogP contribution in [0.25, 0.3) is 0 Å². The summed E-state index contributed by atoms with van der Waals surface area (Å²) in [5.74, 6) is -0.203. The zero-order valence-corrected chi connectivity index (χ0v) is 10.9. The molecule has 0 amide bonds. The second-order valence-corrected chi connectivity index (χ2v) is 4.83. The monoisotopic (exact) mass is 257 g/mol. The third-order valence-electron chi connectivity index (χ3n) is 3.55. The van der Waals surface area contributed by atoms with Crippen LogP contribution in [-0.2, 0) is 13.0 Å². The summed E-state index contributed by atoms with van der Waals surface area (Å²) in [6, 6.07) is 6.99. The predicted octanol–water partition coefficient (Wildman–Crippen LogP) is 2.68. The molecule has 2 heterocycles. The predicted molar refractivity (Wildman–Crippen MR) is 74.0 cm³/mol. The van der Waals surface area contributed by atoms with Gasteiger partial charge in [0.2, 0.25) is 0 Å². The van der Waals surface area contributed by atoms with Gasteiger partial charge in [0, 0.05) is 41.9 Å². The van der Waals surface area contributed by atoms with E-state index >= 15 is 0 Å². The van der Waals surface area contributed by atoms with E-state index in [1.807, 2.05) is 25.3 Å². The number of fused-ring (bicyclic) bond motifs is 1. The number of hydrogen-bond donors (Lipinski definition) is 1. The minimum Gasteiger partial charge on any atom is -0.340 e. The third-order valence-corrected chi connectivity index (χ3v) is 3.55. The number of anilines is 2. The van der Waals surface area contributed by atoms with E-state index in [9.17, 15) is 4.39 Å². The minimum atomic E-state index is -0.203. The topological polar surface area (TPSA) is 42.1 Å². The summed E-state index contributed by atoms with van der Waals surface area (Å²) in [7, 11) is 0. The number of nitrogens with zero attached hydrogens (tertiary/aromatic N) is 2. The van der Waals surface area contributed by atoms with Gasteiger partial charge in [-0.15, -0.1) is 0 Å². The molecule has 1 aromatic carbocycles. The summed E-state index contributed by atoms with van der Waals surface area (Å²) in [4.78, 5) is 6.41. The zero-order chi connectivity index (χ0) is 13.4. The van der Waals surface area contributed by atoms with Crippen molar-refractivity contribution in [3.8, 4) is 0 Å². The molecule has 1 aliphatic heterocycles. The Morgan fingerprint density at radius 2 is 2.16 bits per heavy atom. The SMILES string of the molecule is Cc1cc(N2CCc3ccc(F)cc32)c(CN)cn1. The van der Waals surface area contributed by atoms with Crippen molar-refractivity contribution in [3.63, 3.8) is 0 Å². The molecule has 0 aliphatic carbocycles. The fourth-order valence-corrected chi connectivity index (χ4v) is 2.58. The van der Waals surface area contributed by atoms with Gasteiger partial charge in [-0.1, -0.05) is 6.07 Å². The van der Waals surface area contributed by atoms with Gasteiger partial charge >= 0.3 is 0 Å². The second kappa shape index (κ2) is 4.63. The summed E-state index contributed by atoms with van der Waals surface area (Å²) < 4.78 is 13.4. The van der Waals surface area contributed by atoms with Gasteiger partial charge in [-0.25, -0.2) is 4.39 Å². The van der Waals surface area contributed by atoms with Crippen LogP contribution in [0.4, 0.5) is 15.8 Å². The van der Waals surface area contributed by atoms with E-state index in [4.69, 9.17) is 5.73 Å². The lowest BCUT2D eigenvalue weighted by molar-refractivity contribution is 0.628. The molecule has 1 aliphatic rings. The molecule has 2 aromatic rings. The second-order valence-electron chi connectivity index (χ2n) is 4.83. The normalized spacial score (nSPS) is 13.7. The van der Waals surface area contributed by atoms with Crippen LogP contribution in [0.3, 0.4) is 0 Å². The highest BCUT2D eigenvalue weighted by atomic mass is 19.1. The van der Waals surface area contributed by atoms with Crippen molar-refractivity contribution in [2.24, 2.45) is 5.73 Å². The van der Waals surface area contributed by atoms with Crippen molar-refractivity contribution < 1.29 is 4.39 Å². The molecule has 19 heavy (non-hydrogen) atoms. The van der Waals surface area contributed by atoms with Crippen molar-refractivity contribution >= 4 is 11.4 Å². The van der Waals surface area contributed by atoms with E-state index < -0.39 is 0 Å². The Balaban J connectivity index is 2.10. The molecule has 0 spiro atoms. The molecule has 0 saturated heterocycles. The van der Waals surface area contributed by atoms with E-state index in [0.717, 1.165) is 35.6 Å². The molecule has 4 heteroatoms. The van der Waals surface area contributed by atoms with E-state index in [1.54, 1.807) is 6.07 Å². The van der Waals surface area contributed by atoms with Crippen LogP contribution < -0.4 is 10.6 Å². The Morgan fingerprint density at radius 3 is 2.95 bits per heavy atom. The molecule has 0 bridgehead atoms. The first-order valence-corrected chi connectivity index (χ1v) is 6.40. The molecule has 0 fully saturated rings. The van der Waals surface area contributed by atoms with E-state index in [2.05, 4.69) is 9.88 Å². The van der Waals surface area contributed by atoms with Gasteiger partial charge in [-0.2, -0.15) is 0 Å². The van der Waals surface area contributed by atoms with Crippen molar-refractivity contribution in [1.82, 2.24) is 4.98 Å². The summed E-state index contributed by atoms with van der Waals surface area (Å²) in [5.41, 5.74) is 10.9. The highest BCUT2D eigenvalue weighted by molar-refractivity contribution is 5.72. The Hall–Kier alpha value is -1.94. The van der Waals surface area contributed by atoms with Gasteiger partial charge in [-0.05, 0) is 37.1 Å². The summed E-state index contributed by atoms with van der Waals surface area (Å²) in [6.45, 7) is 3.24. The molecular weight excluding hydrogens is 241 g/mol. The lowest BCUT2D eigenvalue weighted by Crippen LogP contribution is -2.17. The maximum absolute atomic E-state index is 13.4. The molecule has 0 saturated carbocycles. The molecule has 3 rings (SSSR count). The Bertz CT molecular complexity index is 625. The molecule has 0 radical (unpaired) electrons. The first-order chi connectivity index (χ1) is 9.19. The largest absolute Gasteiger partial charge is 0.340 e. The maximum Gasteiger partial charge on any atom is 0.125 e. The van der Waals surface area contributed by atoms with Crippen molar-refractivity contribution in [3.05, 3.63) is 53.1 Å². The van der Waals surface area contributed by atoms with E-state index in [-0.39, 0.29) is 5.82 Å². The quantitative estimate of drug-likeness (QED) is 0.899. The van der Waals surface area contributed by atoms with Crippen LogP contribution in [0.1, 0.15) is 16.8 Å². The molecule has 0 unspecified atom stereocenters. The van der Waals surface area contributed by atoms with Crippen molar-refractivity contribution in [2.45, 2.75) is 19.9 Å². The lowest BCUT2D eigenvalue weighted by atomic mass is 10.1. The number of halogens is 1. The highest BCUT2D eigenvalue weighted by Crippen LogP contribution is 2.36. The first-order valence-electron chi connectivity index (χ1n) is 6.40. The van der Waals surface area contributed by atoms with Gasteiger partial charge in [0.1, 0.15) is 5.82 Å². The fraction of sp³-hybridized carbons (Fsp3) is 0.267. The van der Waals surface area contributed by atoms with Crippen molar-refractivity contribution in [1.29, 1.82) is 0 Å². The van der Waals surface area contributed by atoms with Crippen LogP contribution in [0.5, 0.6) is 0 Å². The van der Waals surface area contributed by atoms with E-state index in [1.165, 1.54) is 11.6 Å². The minimum absolute atomic E-state index is 0.203. The average Bonchev–Trinajstić information content (AvgIpc) is 2.81. The fourth-order valence-electron chi connectivity index (χ4n) is 2.58. The molecular formula is C15H16FN3. The summed E-state index contributed by atoms with van der Waals surface area (Å²) >= 11 is 0. The van der Waals surface area contributed by atoms with Crippen LogP contribution in [0.2, 0.25) is 0 Å². The van der Waals surface area contributed by atoms with Gasteiger partial charge in [0.25, 0.3) is 0 Å². The Kier molecular flexibility index (Phi) is 2.95. The number of rotatable bonds is 2. The van der Waals surface area contributed by atoms with E-state index in [0.29, 0.717) is 6.54 Å². The van der Waals surface area contributed by atoms with Crippen molar-refractivity contribution in [2.75, 3.05) is 11.4 Å². The highest BCUT2D eigenvalue weighted by Gasteiger charge is 2.22. The number of aryl methyl sites for hydroxylation is 1. The summed E-state index contributed by atoms with van der Waals surface area (Å²) in [6.07, 6.45) is 2.74. The van der Waals surface area contributed by atoms with Gasteiger partial charge < -0.3 is 10.6 Å². The number of aromatic nitrogens is 1. The van der Waals surface area contributed by atoms with Crippen LogP contribution in [-0.4, -0.2) is 11.5 Å². The Labute approximate surface area is 111 Å². The van der Waals surface area contributed by atoms with Crippen LogP contribution in [0, 0.1) is 12.7 Å². The number of pyridine rings is 1. The molecule has 1 aromatic heterocycles. The molecule has 2 N–H and O–H groups in total. The van der Waals surface area contributed by atoms with Gasteiger partial charge in [-0.3, -0.25) is 4.98 Å². The molecule has 98 valence electrons. The van der Waals surface area contributed by atoms with Gasteiger partial charge in [0.05, 0.1) is 0 Å². The number of benzene rings is 1. The van der Waals surface area contributed by atoms with Crippen LogP contribution in [0.15, 0.2) is 30.5 Å². The smallest absolute Gasteiger partial charge is 0.125 e. The Morgan fingerprint density at radius 1 is 1.32 bits per heavy atom. The van der Waals surface area contributed by atoms with Gasteiger partial charge in [0.15, 0.2) is 0 Å². The summed E-state index contributed by atoms with van der Waals surface area (Å²) in [5, 5.41) is 0. The zero-order valence-electron chi connectivity index (χ0n) is 10.9. The first kappa shape index (κ1) is 12.1. The average molecular weight is 257 g/mol. The molecule has 0 atom stereocenters. The number of hydrogen-bond acceptors (Lipinski definition) is 3. The molecule has 3 nitrogen and oxygen atoms in total. The lowest BCUT2D eigenvalue weighted by Gasteiger charge is -2.22. The van der Waals surface area contributed by atoms with Crippen LogP contribution >= 0.6 is 0 Å². The maximum atomic E-state index is 13.4. The third kappa shape index (κ3) is 2.08. The number of nitrogens with two attached hydrogens (primary N) is 1.